The second-order valence-corrected chi connectivity index (χ2v) is 8.74. The summed E-state index contributed by atoms with van der Waals surface area (Å²) in [6, 6.07) is 19.6. The van der Waals surface area contributed by atoms with Gasteiger partial charge in [0.2, 0.25) is 0 Å². The van der Waals surface area contributed by atoms with Crippen molar-refractivity contribution in [3.8, 4) is 0 Å². The van der Waals surface area contributed by atoms with Crippen LogP contribution < -0.4 is 0 Å². The van der Waals surface area contributed by atoms with Crippen molar-refractivity contribution in [1.29, 1.82) is 0 Å². The summed E-state index contributed by atoms with van der Waals surface area (Å²) >= 11 is 0. The van der Waals surface area contributed by atoms with Crippen LogP contribution in [0.2, 0.25) is 0 Å². The van der Waals surface area contributed by atoms with Gasteiger partial charge in [-0.05, 0) is 23.0 Å². The molecule has 0 spiro atoms. The Labute approximate surface area is 180 Å². The van der Waals surface area contributed by atoms with Crippen molar-refractivity contribution < 1.29 is 9.59 Å². The number of Topliss-reactive ketones (excluding diaryl/α,β-unsaturated/α-hetero) is 2. The minimum absolute atomic E-state index is 0.0200. The highest BCUT2D eigenvalue weighted by Gasteiger charge is 2.48. The van der Waals surface area contributed by atoms with Gasteiger partial charge in [0, 0.05) is 24.8 Å². The van der Waals surface area contributed by atoms with Gasteiger partial charge in [0.1, 0.15) is 5.78 Å². The summed E-state index contributed by atoms with van der Waals surface area (Å²) in [7, 11) is 0. The molecule has 2 aromatic rings. The van der Waals surface area contributed by atoms with Crippen molar-refractivity contribution in [1.82, 2.24) is 0 Å². The van der Waals surface area contributed by atoms with Crippen molar-refractivity contribution >= 4 is 11.6 Å². The highest BCUT2D eigenvalue weighted by Crippen LogP contribution is 2.47. The lowest BCUT2D eigenvalue weighted by atomic mass is 9.59. The zero-order valence-corrected chi connectivity index (χ0v) is 18.4. The predicted octanol–water partition coefficient (Wildman–Crippen LogP) is 5.98. The molecule has 0 saturated heterocycles. The molecule has 1 aliphatic carbocycles. The number of carbonyl (C=O) groups excluding carboxylic acids is 2. The summed E-state index contributed by atoms with van der Waals surface area (Å²) in [6.45, 7) is 8.35. The lowest BCUT2D eigenvalue weighted by molar-refractivity contribution is -0.129. The molecule has 1 radical (unpaired) electrons. The maximum Gasteiger partial charge on any atom is 0.164 e. The fourth-order valence-corrected chi connectivity index (χ4v) is 4.22. The number of allylic oxidation sites excluding steroid dienone is 4. The third-order valence-electron chi connectivity index (χ3n) is 6.04. The molecule has 0 N–H and O–H groups in total. The molecule has 30 heavy (non-hydrogen) atoms. The van der Waals surface area contributed by atoms with E-state index in [0.29, 0.717) is 18.4 Å². The van der Waals surface area contributed by atoms with Crippen LogP contribution in [-0.2, 0) is 22.4 Å². The van der Waals surface area contributed by atoms with Crippen LogP contribution in [0.1, 0.15) is 38.8 Å². The van der Waals surface area contributed by atoms with Gasteiger partial charge in [-0.15, -0.1) is 0 Å². The average Bonchev–Trinajstić information content (AvgIpc) is 2.74. The van der Waals surface area contributed by atoms with Gasteiger partial charge in [0.25, 0.3) is 0 Å². The summed E-state index contributed by atoms with van der Waals surface area (Å²) < 4.78 is 0. The molecular formula is C28H31O2. The van der Waals surface area contributed by atoms with Gasteiger partial charge in [0.15, 0.2) is 5.78 Å². The number of benzene rings is 2. The van der Waals surface area contributed by atoms with Crippen molar-refractivity contribution in [2.45, 2.75) is 40.5 Å². The lowest BCUT2D eigenvalue weighted by Crippen LogP contribution is -2.44. The molecule has 2 aromatic carbocycles. The average molecular weight is 400 g/mol. The molecule has 155 valence electrons. The van der Waals surface area contributed by atoms with E-state index in [1.165, 1.54) is 0 Å². The van der Waals surface area contributed by atoms with Crippen molar-refractivity contribution in [3.05, 3.63) is 102 Å². The summed E-state index contributed by atoms with van der Waals surface area (Å²) in [5.41, 5.74) is 2.77. The van der Waals surface area contributed by atoms with Crippen LogP contribution in [0.3, 0.4) is 0 Å². The molecular weight excluding hydrogens is 368 g/mol. The molecule has 0 amide bonds. The minimum Gasteiger partial charge on any atom is -0.298 e. The summed E-state index contributed by atoms with van der Waals surface area (Å²) in [6.07, 6.45) is 6.62. The van der Waals surface area contributed by atoms with Gasteiger partial charge in [-0.25, -0.2) is 0 Å². The highest BCUT2D eigenvalue weighted by molar-refractivity contribution is 6.07. The van der Waals surface area contributed by atoms with E-state index in [1.54, 1.807) is 0 Å². The summed E-state index contributed by atoms with van der Waals surface area (Å²) in [4.78, 5) is 27.3. The molecule has 2 heteroatoms. The van der Waals surface area contributed by atoms with E-state index in [0.717, 1.165) is 16.7 Å². The van der Waals surface area contributed by atoms with E-state index in [1.807, 2.05) is 86.7 Å². The summed E-state index contributed by atoms with van der Waals surface area (Å²) in [5, 5.41) is 0. The minimum atomic E-state index is -0.907. The Bertz CT molecular complexity index is 949. The standard InChI is InChI=1S/C28H31O2/c1-20(2)24-15-16-25(26(29)17-22-11-7-5-8-12-22)28(19-24,21(3)4)27(30)18-23-13-9-6-10-14-23/h5-16,19-21H,17-18H2,1-4H3. The molecule has 0 aliphatic heterocycles. The van der Waals surface area contributed by atoms with Crippen LogP contribution >= 0.6 is 0 Å². The maximum atomic E-state index is 13.8. The van der Waals surface area contributed by atoms with Gasteiger partial charge in [-0.1, -0.05) is 106 Å². The molecule has 1 unspecified atom stereocenters. The van der Waals surface area contributed by atoms with Crippen molar-refractivity contribution in [3.63, 3.8) is 0 Å². The Hall–Kier alpha value is -2.74. The number of hydrogen-bond donors (Lipinski definition) is 0. The van der Waals surface area contributed by atoms with Gasteiger partial charge in [0.05, 0.1) is 5.41 Å². The van der Waals surface area contributed by atoms with E-state index >= 15 is 0 Å². The quantitative estimate of drug-likeness (QED) is 0.547. The third kappa shape index (κ3) is 4.53. The Morgan fingerprint density at radius 2 is 1.30 bits per heavy atom. The zero-order chi connectivity index (χ0) is 21.7. The van der Waals surface area contributed by atoms with Gasteiger partial charge in [-0.2, -0.15) is 0 Å². The van der Waals surface area contributed by atoms with E-state index in [9.17, 15) is 9.59 Å². The fraction of sp³-hybridized carbons (Fsp3) is 0.321. The molecule has 1 aliphatic rings. The normalized spacial score (nSPS) is 18.9. The van der Waals surface area contributed by atoms with Crippen LogP contribution in [-0.4, -0.2) is 11.6 Å². The topological polar surface area (TPSA) is 34.1 Å². The first kappa shape index (κ1) is 22.0. The first-order chi connectivity index (χ1) is 14.3. The Kier molecular flexibility index (Phi) is 6.87. The second kappa shape index (κ2) is 9.38. The van der Waals surface area contributed by atoms with Crippen LogP contribution in [0.15, 0.2) is 84.0 Å². The van der Waals surface area contributed by atoms with Crippen molar-refractivity contribution in [2.75, 3.05) is 0 Å². The molecule has 0 bridgehead atoms. The molecule has 3 rings (SSSR count). The Morgan fingerprint density at radius 1 is 0.767 bits per heavy atom. The lowest BCUT2D eigenvalue weighted by Gasteiger charge is -2.41. The third-order valence-corrected chi connectivity index (χ3v) is 6.04. The van der Waals surface area contributed by atoms with Crippen LogP contribution in [0.5, 0.6) is 0 Å². The largest absolute Gasteiger partial charge is 0.298 e. The smallest absolute Gasteiger partial charge is 0.164 e. The Balaban J connectivity index is 2.02. The van der Waals surface area contributed by atoms with E-state index in [4.69, 9.17) is 0 Å². The molecule has 2 nitrogen and oxygen atoms in total. The maximum absolute atomic E-state index is 13.8. The fourth-order valence-electron chi connectivity index (χ4n) is 4.22. The van der Waals surface area contributed by atoms with E-state index in [2.05, 4.69) is 20.3 Å². The van der Waals surface area contributed by atoms with Gasteiger partial charge in [-0.3, -0.25) is 9.59 Å². The van der Waals surface area contributed by atoms with Gasteiger partial charge >= 0.3 is 0 Å². The van der Waals surface area contributed by atoms with Crippen LogP contribution in [0.25, 0.3) is 0 Å². The molecule has 0 fully saturated rings. The SMILES string of the molecule is CC(C)C1=CC=C(C(=O)Cc2ccccc2)C(C(=O)Cc2ccccc2)(C(C)C)[CH]1. The van der Waals surface area contributed by atoms with E-state index < -0.39 is 5.41 Å². The number of carbonyl (C=O) groups is 2. The second-order valence-electron chi connectivity index (χ2n) is 8.74. The number of hydrogen-bond acceptors (Lipinski definition) is 2. The molecule has 0 aromatic heterocycles. The first-order valence-corrected chi connectivity index (χ1v) is 10.8. The monoisotopic (exact) mass is 399 g/mol. The molecule has 0 heterocycles. The van der Waals surface area contributed by atoms with Crippen LogP contribution in [0.4, 0.5) is 0 Å². The molecule has 1 atom stereocenters. The number of ketones is 2. The summed E-state index contributed by atoms with van der Waals surface area (Å²) in [5.74, 6) is 0.367. The molecule has 0 saturated carbocycles. The highest BCUT2D eigenvalue weighted by atomic mass is 16.1. The first-order valence-electron chi connectivity index (χ1n) is 10.8. The number of rotatable bonds is 8. The van der Waals surface area contributed by atoms with Crippen molar-refractivity contribution in [2.24, 2.45) is 17.3 Å². The Morgan fingerprint density at radius 3 is 1.80 bits per heavy atom. The zero-order valence-electron chi connectivity index (χ0n) is 18.4. The van der Waals surface area contributed by atoms with Crippen LogP contribution in [0, 0.1) is 23.7 Å². The van der Waals surface area contributed by atoms with Gasteiger partial charge < -0.3 is 0 Å². The van der Waals surface area contributed by atoms with E-state index in [-0.39, 0.29) is 23.4 Å². The predicted molar refractivity (Wildman–Crippen MR) is 123 cm³/mol.